The van der Waals surface area contributed by atoms with Crippen molar-refractivity contribution in [1.82, 2.24) is 0 Å². The van der Waals surface area contributed by atoms with Crippen LogP contribution < -0.4 is 9.47 Å². The third-order valence-corrected chi connectivity index (χ3v) is 6.15. The van der Waals surface area contributed by atoms with E-state index in [-0.39, 0.29) is 35.1 Å². The van der Waals surface area contributed by atoms with E-state index in [1.165, 1.54) is 0 Å². The van der Waals surface area contributed by atoms with Crippen LogP contribution in [0.25, 0.3) is 0 Å². The van der Waals surface area contributed by atoms with Gasteiger partial charge in [-0.05, 0) is 62.6 Å². The van der Waals surface area contributed by atoms with Gasteiger partial charge in [-0.1, -0.05) is 36.0 Å². The lowest BCUT2D eigenvalue weighted by Gasteiger charge is -2.24. The number of hydrogen-bond acceptors (Lipinski definition) is 7. The molecular weight excluding hydrogens is 428 g/mol. The van der Waals surface area contributed by atoms with Crippen molar-refractivity contribution in [2.75, 3.05) is 13.7 Å². The van der Waals surface area contributed by atoms with Crippen molar-refractivity contribution in [2.45, 2.75) is 45.0 Å². The fraction of sp³-hybridized carbons (Fsp3) is 0.400. The lowest BCUT2D eigenvalue weighted by Crippen LogP contribution is -2.27. The van der Waals surface area contributed by atoms with E-state index in [0.717, 1.165) is 22.9 Å². The summed E-state index contributed by atoms with van der Waals surface area (Å²) in [6.45, 7) is 5.55. The van der Waals surface area contributed by atoms with Gasteiger partial charge in [-0.3, -0.25) is 14.4 Å². The first kappa shape index (κ1) is 23.9. The smallest absolute Gasteiger partial charge is 0.311 e. The van der Waals surface area contributed by atoms with E-state index in [2.05, 4.69) is 0 Å². The summed E-state index contributed by atoms with van der Waals surface area (Å²) in [7, 11) is 1.58. The standard InChI is InChI=1S/C25H28O6S/c1-25(2,3)24(28)31-21(17-6-5-7-19(13-17)29-4)15-30-18-10-8-16(9-11-18)12-22-20(26)14-23(27)32-22/h5-11,13,21-22H,12,14-15H2,1-4H3. The summed E-state index contributed by atoms with van der Waals surface area (Å²) in [4.78, 5) is 35.8. The molecule has 0 N–H and O–H groups in total. The van der Waals surface area contributed by atoms with Crippen molar-refractivity contribution < 1.29 is 28.6 Å². The number of carbonyl (C=O) groups excluding carboxylic acids is 3. The maximum atomic E-state index is 12.5. The third-order valence-electron chi connectivity index (χ3n) is 5.02. The van der Waals surface area contributed by atoms with E-state index in [4.69, 9.17) is 14.2 Å². The van der Waals surface area contributed by atoms with Crippen LogP contribution in [0, 0.1) is 5.41 Å². The number of benzene rings is 2. The van der Waals surface area contributed by atoms with Gasteiger partial charge in [-0.25, -0.2) is 0 Å². The number of ether oxygens (including phenoxy) is 3. The van der Waals surface area contributed by atoms with Gasteiger partial charge in [0.2, 0.25) is 0 Å². The Balaban J connectivity index is 1.67. The summed E-state index contributed by atoms with van der Waals surface area (Å²) in [5.41, 5.74) is 1.09. The predicted molar refractivity (Wildman–Crippen MR) is 123 cm³/mol. The molecule has 2 aromatic rings. The molecule has 0 aliphatic carbocycles. The zero-order valence-electron chi connectivity index (χ0n) is 18.8. The summed E-state index contributed by atoms with van der Waals surface area (Å²) in [6.07, 6.45) is -0.0595. The topological polar surface area (TPSA) is 78.9 Å². The molecule has 170 valence electrons. The molecule has 3 rings (SSSR count). The van der Waals surface area contributed by atoms with E-state index in [9.17, 15) is 14.4 Å². The summed E-state index contributed by atoms with van der Waals surface area (Å²) >= 11 is 1.12. The minimum absolute atomic E-state index is 0.0119. The Kier molecular flexibility index (Phi) is 7.61. The molecule has 1 saturated heterocycles. The van der Waals surface area contributed by atoms with Gasteiger partial charge in [0, 0.05) is 0 Å². The Labute approximate surface area is 192 Å². The second-order valence-electron chi connectivity index (χ2n) is 8.70. The number of carbonyl (C=O) groups is 3. The molecule has 2 unspecified atom stereocenters. The highest BCUT2D eigenvalue weighted by molar-refractivity contribution is 8.15. The van der Waals surface area contributed by atoms with Gasteiger partial charge < -0.3 is 14.2 Å². The number of hydrogen-bond donors (Lipinski definition) is 0. The Hall–Kier alpha value is -2.80. The molecule has 0 spiro atoms. The molecule has 1 aliphatic rings. The van der Waals surface area contributed by atoms with Crippen LogP contribution in [0.1, 0.15) is 44.4 Å². The third kappa shape index (κ3) is 6.36. The number of Topliss-reactive ketones (excluding diaryl/α,β-unsaturated/α-hetero) is 1. The minimum Gasteiger partial charge on any atom is -0.497 e. The Bertz CT molecular complexity index is 977. The number of methoxy groups -OCH3 is 1. The van der Waals surface area contributed by atoms with E-state index in [1.807, 2.05) is 48.5 Å². The molecule has 7 heteroatoms. The highest BCUT2D eigenvalue weighted by atomic mass is 32.2. The van der Waals surface area contributed by atoms with Crippen molar-refractivity contribution in [3.63, 3.8) is 0 Å². The Morgan fingerprint density at radius 3 is 2.41 bits per heavy atom. The molecule has 0 amide bonds. The quantitative estimate of drug-likeness (QED) is 0.426. The van der Waals surface area contributed by atoms with Gasteiger partial charge in [0.1, 0.15) is 18.1 Å². The number of esters is 1. The molecule has 1 aliphatic heterocycles. The zero-order chi connectivity index (χ0) is 23.3. The molecule has 1 fully saturated rings. The zero-order valence-corrected chi connectivity index (χ0v) is 19.6. The average molecular weight is 457 g/mol. The van der Waals surface area contributed by atoms with Crippen molar-refractivity contribution in [3.05, 3.63) is 59.7 Å². The highest BCUT2D eigenvalue weighted by Crippen LogP contribution is 2.29. The van der Waals surface area contributed by atoms with Crippen molar-refractivity contribution in [3.8, 4) is 11.5 Å². The van der Waals surface area contributed by atoms with Crippen LogP contribution in [-0.4, -0.2) is 35.8 Å². The minimum atomic E-state index is -0.643. The molecule has 0 aromatic heterocycles. The van der Waals surface area contributed by atoms with E-state index in [1.54, 1.807) is 27.9 Å². The van der Waals surface area contributed by atoms with Crippen molar-refractivity contribution in [1.29, 1.82) is 0 Å². The summed E-state index contributed by atoms with van der Waals surface area (Å²) in [6, 6.07) is 14.8. The van der Waals surface area contributed by atoms with Crippen molar-refractivity contribution >= 4 is 28.6 Å². The summed E-state index contributed by atoms with van der Waals surface area (Å²) < 4.78 is 17.0. The summed E-state index contributed by atoms with van der Waals surface area (Å²) in [5, 5.41) is -0.364. The van der Waals surface area contributed by atoms with Crippen molar-refractivity contribution in [2.24, 2.45) is 5.41 Å². The van der Waals surface area contributed by atoms with Crippen LogP contribution in [0.15, 0.2) is 48.5 Å². The first-order valence-electron chi connectivity index (χ1n) is 10.4. The molecule has 0 bridgehead atoms. The molecule has 1 heterocycles. The van der Waals surface area contributed by atoms with Gasteiger partial charge in [-0.15, -0.1) is 0 Å². The Morgan fingerprint density at radius 2 is 1.81 bits per heavy atom. The van der Waals surface area contributed by atoms with E-state index >= 15 is 0 Å². The molecule has 2 atom stereocenters. The van der Waals surface area contributed by atoms with Crippen LogP contribution in [0.5, 0.6) is 11.5 Å². The highest BCUT2D eigenvalue weighted by Gasteiger charge is 2.32. The molecule has 2 aromatic carbocycles. The van der Waals surface area contributed by atoms with Crippen LogP contribution >= 0.6 is 11.8 Å². The average Bonchev–Trinajstić information content (AvgIpc) is 3.07. The SMILES string of the molecule is COc1cccc(C(COc2ccc(CC3SC(=O)CC3=O)cc2)OC(=O)C(C)(C)C)c1. The second kappa shape index (κ2) is 10.2. The second-order valence-corrected chi connectivity index (χ2v) is 9.96. The van der Waals surface area contributed by atoms with Crippen LogP contribution in [0.3, 0.4) is 0 Å². The van der Waals surface area contributed by atoms with E-state index < -0.39 is 11.5 Å². The largest absolute Gasteiger partial charge is 0.497 e. The fourth-order valence-corrected chi connectivity index (χ4v) is 4.16. The summed E-state index contributed by atoms with van der Waals surface area (Å²) in [5.74, 6) is 0.955. The van der Waals surface area contributed by atoms with Gasteiger partial charge in [0.05, 0.1) is 24.2 Å². The molecule has 6 nitrogen and oxygen atoms in total. The first-order chi connectivity index (χ1) is 15.2. The Morgan fingerprint density at radius 1 is 1.09 bits per heavy atom. The lowest BCUT2D eigenvalue weighted by atomic mass is 9.97. The van der Waals surface area contributed by atoms with E-state index in [0.29, 0.717) is 17.9 Å². The maximum absolute atomic E-state index is 12.5. The van der Waals surface area contributed by atoms with Crippen LogP contribution in [0.2, 0.25) is 0 Å². The molecule has 0 radical (unpaired) electrons. The van der Waals surface area contributed by atoms with Crippen LogP contribution in [0.4, 0.5) is 0 Å². The lowest BCUT2D eigenvalue weighted by molar-refractivity contribution is -0.160. The van der Waals surface area contributed by atoms with Crippen LogP contribution in [-0.2, 0) is 25.5 Å². The molecule has 0 saturated carbocycles. The maximum Gasteiger partial charge on any atom is 0.311 e. The molecule has 32 heavy (non-hydrogen) atoms. The van der Waals surface area contributed by atoms with Gasteiger partial charge in [0.15, 0.2) is 17.0 Å². The van der Waals surface area contributed by atoms with Gasteiger partial charge in [0.25, 0.3) is 0 Å². The predicted octanol–water partition coefficient (Wildman–Crippen LogP) is 4.55. The van der Waals surface area contributed by atoms with Gasteiger partial charge in [-0.2, -0.15) is 0 Å². The monoisotopic (exact) mass is 456 g/mol. The first-order valence-corrected chi connectivity index (χ1v) is 11.3. The number of thioether (sulfide) groups is 1. The molecular formula is C25H28O6S. The normalized spacial score (nSPS) is 17.2. The fourth-order valence-electron chi connectivity index (χ4n) is 3.13. The van der Waals surface area contributed by atoms with Gasteiger partial charge >= 0.3 is 5.97 Å². The number of rotatable bonds is 8. The number of ketones is 1.